The fourth-order valence-corrected chi connectivity index (χ4v) is 12.0. The van der Waals surface area contributed by atoms with Gasteiger partial charge in [0.1, 0.15) is 12.4 Å². The van der Waals surface area contributed by atoms with Gasteiger partial charge in [0, 0.05) is 26.6 Å². The molecule has 8 rings (SSSR count). The Balaban J connectivity index is 1.15. The van der Waals surface area contributed by atoms with Crippen LogP contribution in [-0.2, 0) is 20.9 Å². The number of carbonyl (C=O) groups excluding carboxylic acids is 3. The zero-order valence-corrected chi connectivity index (χ0v) is 25.4. The van der Waals surface area contributed by atoms with Gasteiger partial charge in [0.2, 0.25) is 17.7 Å². The van der Waals surface area contributed by atoms with Gasteiger partial charge in [-0.15, -0.1) is 23.1 Å². The van der Waals surface area contributed by atoms with Crippen molar-refractivity contribution in [2.24, 2.45) is 29.6 Å². The minimum absolute atomic E-state index is 0.00913. The zero-order chi connectivity index (χ0) is 29.6. The number of aryl methyl sites for hydroxylation is 1. The maximum absolute atomic E-state index is 13.8. The fraction of sp³-hybridized carbons (Fsp3) is 0.312. The number of rotatable bonds is 5. The highest BCUT2D eigenvalue weighted by Gasteiger charge is 2.70. The van der Waals surface area contributed by atoms with Gasteiger partial charge in [-0.05, 0) is 78.9 Å². The number of nitrogens with one attached hydrogen (secondary N) is 1. The molecule has 218 valence electrons. The van der Waals surface area contributed by atoms with Crippen molar-refractivity contribution < 1.29 is 18.8 Å². The van der Waals surface area contributed by atoms with Crippen molar-refractivity contribution in [2.45, 2.75) is 36.1 Å². The minimum atomic E-state index is -0.439. The Kier molecular flexibility index (Phi) is 6.29. The van der Waals surface area contributed by atoms with Crippen LogP contribution in [0.1, 0.15) is 27.7 Å². The van der Waals surface area contributed by atoms with Gasteiger partial charge in [-0.3, -0.25) is 28.6 Å². The van der Waals surface area contributed by atoms with Crippen LogP contribution < -0.4 is 15.1 Å². The summed E-state index contributed by atoms with van der Waals surface area (Å²) >= 11 is 4.43. The monoisotopic (exact) mass is 631 g/mol. The number of fused-ring (bicyclic) bond motifs is 9. The molecule has 1 N–H and O–H groups in total. The number of imide groups is 1. The molecule has 4 heterocycles. The minimum Gasteiger partial charge on any atom is -0.325 e. The lowest BCUT2D eigenvalue weighted by molar-refractivity contribution is -0.123. The number of thioether (sulfide) groups is 1. The number of thiazole rings is 1. The zero-order valence-electron chi connectivity index (χ0n) is 22.9. The number of hydrogen-bond acceptors (Lipinski definition) is 7. The standard InChI is InChI=1S/C32H26FN3O4S3/c1-15-4-8-17(9-5-15)34-22(37)14-35-31-28(43-32(35)40)26(21-3-2-12-41-21)23-19-13-20(27(23)42-31)25-24(19)29(38)36(30(25)39)18-10-6-16(33)7-11-18/h2-12,19-20,23-27H,13-14H2,1H3,(H,34,37). The number of hydrogen-bond donors (Lipinski definition) is 1. The third-order valence-corrected chi connectivity index (χ3v) is 13.3. The van der Waals surface area contributed by atoms with Gasteiger partial charge < -0.3 is 5.32 Å². The summed E-state index contributed by atoms with van der Waals surface area (Å²) in [6.07, 6.45) is 0.779. The summed E-state index contributed by atoms with van der Waals surface area (Å²) in [7, 11) is 0. The summed E-state index contributed by atoms with van der Waals surface area (Å²) in [6.45, 7) is 1.88. The van der Waals surface area contributed by atoms with Crippen LogP contribution in [0.15, 0.2) is 75.9 Å². The molecule has 7 atom stereocenters. The average molecular weight is 632 g/mol. The summed E-state index contributed by atoms with van der Waals surface area (Å²) in [5, 5.41) is 5.75. The maximum atomic E-state index is 13.8. The van der Waals surface area contributed by atoms with E-state index in [-0.39, 0.29) is 58.1 Å². The first-order valence-corrected chi connectivity index (χ1v) is 16.8. The molecule has 2 aromatic carbocycles. The third-order valence-electron chi connectivity index (χ3n) is 9.52. The van der Waals surface area contributed by atoms with Crippen LogP contribution >= 0.6 is 34.4 Å². The Morgan fingerprint density at radius 1 is 0.977 bits per heavy atom. The number of amides is 3. The number of anilines is 2. The number of thiophene rings is 1. The largest absolute Gasteiger partial charge is 0.325 e. The van der Waals surface area contributed by atoms with E-state index >= 15 is 0 Å². The fourth-order valence-electron chi connectivity index (χ4n) is 7.87. The number of nitrogens with zero attached hydrogens (tertiary/aromatic N) is 2. The summed E-state index contributed by atoms with van der Waals surface area (Å²) in [6, 6.07) is 17.1. The topological polar surface area (TPSA) is 88.5 Å². The van der Waals surface area contributed by atoms with Crippen LogP contribution in [0.5, 0.6) is 0 Å². The van der Waals surface area contributed by atoms with Crippen molar-refractivity contribution in [3.8, 4) is 0 Å². The van der Waals surface area contributed by atoms with E-state index in [4.69, 9.17) is 0 Å². The molecule has 43 heavy (non-hydrogen) atoms. The molecule has 0 spiro atoms. The first-order chi connectivity index (χ1) is 20.8. The van der Waals surface area contributed by atoms with Crippen molar-refractivity contribution in [3.63, 3.8) is 0 Å². The van der Waals surface area contributed by atoms with E-state index in [9.17, 15) is 23.6 Å². The maximum Gasteiger partial charge on any atom is 0.308 e. The van der Waals surface area contributed by atoms with Crippen molar-refractivity contribution >= 4 is 63.5 Å². The van der Waals surface area contributed by atoms with Crippen LogP contribution in [0.4, 0.5) is 15.8 Å². The normalized spacial score (nSPS) is 28.6. The van der Waals surface area contributed by atoms with Gasteiger partial charge in [-0.1, -0.05) is 35.1 Å². The van der Waals surface area contributed by atoms with Crippen LogP contribution in [0.3, 0.4) is 0 Å². The van der Waals surface area contributed by atoms with Crippen LogP contribution in [0.2, 0.25) is 0 Å². The van der Waals surface area contributed by atoms with Crippen molar-refractivity contribution in [2.75, 3.05) is 10.2 Å². The van der Waals surface area contributed by atoms with Crippen molar-refractivity contribution in [1.82, 2.24) is 4.57 Å². The molecule has 7 unspecified atom stereocenters. The number of halogens is 1. The molecule has 3 amide bonds. The predicted octanol–water partition coefficient (Wildman–Crippen LogP) is 5.74. The molecule has 4 aromatic rings. The molecule has 2 aliphatic heterocycles. The van der Waals surface area contributed by atoms with Gasteiger partial charge in [0.15, 0.2) is 0 Å². The first kappa shape index (κ1) is 27.0. The van der Waals surface area contributed by atoms with Gasteiger partial charge in [-0.2, -0.15) is 0 Å². The van der Waals surface area contributed by atoms with Gasteiger partial charge >= 0.3 is 4.87 Å². The van der Waals surface area contributed by atoms with Gasteiger partial charge in [0.25, 0.3) is 0 Å². The van der Waals surface area contributed by atoms with E-state index in [1.807, 2.05) is 42.6 Å². The highest BCUT2D eigenvalue weighted by Crippen LogP contribution is 2.69. The molecular formula is C32H26FN3O4S3. The average Bonchev–Trinajstić information content (AvgIpc) is 3.81. The molecule has 11 heteroatoms. The number of benzene rings is 2. The Labute approximate surface area is 258 Å². The Morgan fingerprint density at radius 3 is 2.40 bits per heavy atom. The molecule has 0 radical (unpaired) electrons. The molecule has 7 nitrogen and oxygen atoms in total. The third kappa shape index (κ3) is 4.12. The van der Waals surface area contributed by atoms with Crippen molar-refractivity contribution in [1.29, 1.82) is 0 Å². The molecule has 1 saturated heterocycles. The summed E-state index contributed by atoms with van der Waals surface area (Å²) in [5.74, 6) is -2.02. The quantitative estimate of drug-likeness (QED) is 0.284. The summed E-state index contributed by atoms with van der Waals surface area (Å²) in [5.41, 5.74) is 2.16. The second-order valence-corrected chi connectivity index (χ2v) is 14.9. The number of aromatic nitrogens is 1. The van der Waals surface area contributed by atoms with E-state index in [0.29, 0.717) is 11.4 Å². The Bertz CT molecular complexity index is 1830. The lowest BCUT2D eigenvalue weighted by atomic mass is 9.69. The Morgan fingerprint density at radius 2 is 1.70 bits per heavy atom. The predicted molar refractivity (Wildman–Crippen MR) is 165 cm³/mol. The van der Waals surface area contributed by atoms with Gasteiger partial charge in [0.05, 0.1) is 22.5 Å². The van der Waals surface area contributed by atoms with Crippen LogP contribution in [0.25, 0.3) is 0 Å². The number of carbonyl (C=O) groups is 3. The van der Waals surface area contributed by atoms with Gasteiger partial charge in [-0.25, -0.2) is 4.39 Å². The molecule has 2 aromatic heterocycles. The van der Waals surface area contributed by atoms with E-state index in [1.54, 1.807) is 27.7 Å². The summed E-state index contributed by atoms with van der Waals surface area (Å²) < 4.78 is 15.2. The van der Waals surface area contributed by atoms with Crippen LogP contribution in [-0.4, -0.2) is 27.5 Å². The second kappa shape index (κ2) is 10.0. The lowest BCUT2D eigenvalue weighted by Crippen LogP contribution is -2.43. The first-order valence-electron chi connectivity index (χ1n) is 14.2. The Hall–Kier alpha value is -3.54. The molecule has 4 aliphatic rings. The highest BCUT2D eigenvalue weighted by molar-refractivity contribution is 8.00. The molecule has 2 aliphatic carbocycles. The van der Waals surface area contributed by atoms with E-state index in [2.05, 4.69) is 11.4 Å². The van der Waals surface area contributed by atoms with Crippen LogP contribution in [0, 0.1) is 42.3 Å². The lowest BCUT2D eigenvalue weighted by Gasteiger charge is -2.42. The van der Waals surface area contributed by atoms with E-state index in [0.717, 1.165) is 26.8 Å². The molecule has 3 fully saturated rings. The van der Waals surface area contributed by atoms with E-state index in [1.165, 1.54) is 40.5 Å². The van der Waals surface area contributed by atoms with E-state index < -0.39 is 17.7 Å². The SMILES string of the molecule is Cc1ccc(NC(=O)Cn2c3c(sc2=O)C(c2cccs2)C2C4CC(C2S3)C2C(=O)N(c3ccc(F)cc3)C(=O)C42)cc1. The van der Waals surface area contributed by atoms with Crippen molar-refractivity contribution in [3.05, 3.63) is 96.8 Å². The molecule has 2 bridgehead atoms. The summed E-state index contributed by atoms with van der Waals surface area (Å²) in [4.78, 5) is 57.3. The molecular weight excluding hydrogens is 606 g/mol. The second-order valence-electron chi connectivity index (χ2n) is 11.8. The molecule has 2 saturated carbocycles. The smallest absolute Gasteiger partial charge is 0.308 e. The highest BCUT2D eigenvalue weighted by atomic mass is 32.2.